The Morgan fingerprint density at radius 3 is 2.53 bits per heavy atom. The van der Waals surface area contributed by atoms with Crippen LogP contribution in [0.3, 0.4) is 0 Å². The van der Waals surface area contributed by atoms with Crippen LogP contribution in [-0.2, 0) is 4.79 Å². The number of benzene rings is 1. The predicted octanol–water partition coefficient (Wildman–Crippen LogP) is 3.40. The standard InChI is InChI=1S/C13H15ClO3/c1-9(2)8-17-11-5-3-10(4-6-11)12(14)7-13(15)16/h3-6,12H,1,7-8H2,2H3,(H,15,16). The van der Waals surface area contributed by atoms with Crippen LogP contribution in [0.4, 0.5) is 0 Å². The molecule has 1 atom stereocenters. The lowest BCUT2D eigenvalue weighted by molar-refractivity contribution is -0.137. The van der Waals surface area contributed by atoms with Crippen molar-refractivity contribution in [2.45, 2.75) is 18.7 Å². The lowest BCUT2D eigenvalue weighted by atomic mass is 10.1. The quantitative estimate of drug-likeness (QED) is 0.625. The van der Waals surface area contributed by atoms with Crippen LogP contribution in [0.1, 0.15) is 24.3 Å². The van der Waals surface area contributed by atoms with E-state index in [2.05, 4.69) is 6.58 Å². The average molecular weight is 255 g/mol. The summed E-state index contributed by atoms with van der Waals surface area (Å²) in [6, 6.07) is 7.09. The van der Waals surface area contributed by atoms with E-state index in [1.807, 2.05) is 6.92 Å². The first-order valence-electron chi connectivity index (χ1n) is 5.22. The largest absolute Gasteiger partial charge is 0.489 e. The van der Waals surface area contributed by atoms with Crippen molar-refractivity contribution >= 4 is 17.6 Å². The van der Waals surface area contributed by atoms with Crippen molar-refractivity contribution in [1.82, 2.24) is 0 Å². The summed E-state index contributed by atoms with van der Waals surface area (Å²) in [7, 11) is 0. The summed E-state index contributed by atoms with van der Waals surface area (Å²) >= 11 is 5.95. The van der Waals surface area contributed by atoms with Crippen molar-refractivity contribution in [2.75, 3.05) is 6.61 Å². The van der Waals surface area contributed by atoms with E-state index in [1.165, 1.54) is 0 Å². The molecule has 3 nitrogen and oxygen atoms in total. The number of carbonyl (C=O) groups is 1. The van der Waals surface area contributed by atoms with E-state index in [4.69, 9.17) is 21.4 Å². The molecule has 0 aliphatic heterocycles. The minimum atomic E-state index is -0.910. The third kappa shape index (κ3) is 4.91. The Labute approximate surface area is 106 Å². The summed E-state index contributed by atoms with van der Waals surface area (Å²) in [4.78, 5) is 10.5. The van der Waals surface area contributed by atoms with Gasteiger partial charge in [0.2, 0.25) is 0 Å². The molecule has 1 N–H and O–H groups in total. The fraction of sp³-hybridized carbons (Fsp3) is 0.308. The van der Waals surface area contributed by atoms with E-state index in [0.29, 0.717) is 6.61 Å². The number of hydrogen-bond acceptors (Lipinski definition) is 2. The minimum absolute atomic E-state index is 0.0898. The van der Waals surface area contributed by atoms with Crippen molar-refractivity contribution in [3.63, 3.8) is 0 Å². The van der Waals surface area contributed by atoms with Crippen LogP contribution in [0.15, 0.2) is 36.4 Å². The summed E-state index contributed by atoms with van der Waals surface area (Å²) in [5.41, 5.74) is 1.71. The first kappa shape index (κ1) is 13.6. The van der Waals surface area contributed by atoms with Crippen molar-refractivity contribution in [3.8, 4) is 5.75 Å². The van der Waals surface area contributed by atoms with E-state index in [9.17, 15) is 4.79 Å². The molecule has 0 bridgehead atoms. The van der Waals surface area contributed by atoms with Gasteiger partial charge in [0.15, 0.2) is 0 Å². The molecule has 4 heteroatoms. The molecular formula is C13H15ClO3. The molecule has 0 radical (unpaired) electrons. The topological polar surface area (TPSA) is 46.5 Å². The molecule has 0 spiro atoms. The number of rotatable bonds is 6. The van der Waals surface area contributed by atoms with Gasteiger partial charge in [-0.2, -0.15) is 0 Å². The van der Waals surface area contributed by atoms with Crippen molar-refractivity contribution in [2.24, 2.45) is 0 Å². The number of hydrogen-bond donors (Lipinski definition) is 1. The van der Waals surface area contributed by atoms with Gasteiger partial charge in [-0.15, -0.1) is 11.6 Å². The molecule has 0 aromatic heterocycles. The smallest absolute Gasteiger partial charge is 0.305 e. The van der Waals surface area contributed by atoms with Crippen LogP contribution in [-0.4, -0.2) is 17.7 Å². The Hall–Kier alpha value is -1.48. The summed E-state index contributed by atoms with van der Waals surface area (Å²) in [6.07, 6.45) is -0.0898. The Kier molecular flexibility index (Phi) is 5.04. The van der Waals surface area contributed by atoms with Crippen LogP contribution in [0.5, 0.6) is 5.75 Å². The molecule has 1 unspecified atom stereocenters. The highest BCUT2D eigenvalue weighted by Crippen LogP contribution is 2.25. The maximum Gasteiger partial charge on any atom is 0.305 e. The van der Waals surface area contributed by atoms with Gasteiger partial charge in [-0.25, -0.2) is 0 Å². The minimum Gasteiger partial charge on any atom is -0.489 e. The van der Waals surface area contributed by atoms with E-state index < -0.39 is 11.3 Å². The first-order valence-corrected chi connectivity index (χ1v) is 5.65. The zero-order chi connectivity index (χ0) is 12.8. The Morgan fingerprint density at radius 2 is 2.06 bits per heavy atom. The van der Waals surface area contributed by atoms with Gasteiger partial charge in [0.1, 0.15) is 12.4 Å². The van der Waals surface area contributed by atoms with Crippen LogP contribution < -0.4 is 4.74 Å². The zero-order valence-corrected chi connectivity index (χ0v) is 10.4. The van der Waals surface area contributed by atoms with Gasteiger partial charge < -0.3 is 9.84 Å². The molecule has 0 saturated heterocycles. The highest BCUT2D eigenvalue weighted by atomic mass is 35.5. The fourth-order valence-electron chi connectivity index (χ4n) is 1.25. The van der Waals surface area contributed by atoms with Gasteiger partial charge in [0.05, 0.1) is 11.8 Å². The number of ether oxygens (including phenoxy) is 1. The molecule has 92 valence electrons. The van der Waals surface area contributed by atoms with Crippen LogP contribution in [0, 0.1) is 0 Å². The summed E-state index contributed by atoms with van der Waals surface area (Å²) < 4.78 is 5.42. The number of carboxylic acids is 1. The second-order valence-corrected chi connectivity index (χ2v) is 4.41. The van der Waals surface area contributed by atoms with Gasteiger partial charge in [-0.1, -0.05) is 18.7 Å². The molecule has 1 rings (SSSR count). The molecule has 0 fully saturated rings. The highest BCUT2D eigenvalue weighted by molar-refractivity contribution is 6.21. The Morgan fingerprint density at radius 1 is 1.47 bits per heavy atom. The van der Waals surface area contributed by atoms with Gasteiger partial charge in [-0.05, 0) is 30.2 Å². The predicted molar refractivity (Wildman–Crippen MR) is 67.6 cm³/mol. The molecular weight excluding hydrogens is 240 g/mol. The summed E-state index contributed by atoms with van der Waals surface area (Å²) in [6.45, 7) is 6.09. The van der Waals surface area contributed by atoms with Gasteiger partial charge >= 0.3 is 5.97 Å². The molecule has 1 aromatic carbocycles. The van der Waals surface area contributed by atoms with E-state index in [1.54, 1.807) is 24.3 Å². The molecule has 0 saturated carbocycles. The summed E-state index contributed by atoms with van der Waals surface area (Å²) in [5, 5.41) is 8.11. The SMILES string of the molecule is C=C(C)COc1ccc(C(Cl)CC(=O)O)cc1. The maximum atomic E-state index is 10.5. The second kappa shape index (κ2) is 6.30. The number of alkyl halides is 1. The van der Waals surface area contributed by atoms with Crippen LogP contribution in [0.25, 0.3) is 0 Å². The number of carboxylic acid groups (broad SMARTS) is 1. The molecule has 17 heavy (non-hydrogen) atoms. The molecule has 1 aromatic rings. The van der Waals surface area contributed by atoms with E-state index >= 15 is 0 Å². The number of aliphatic carboxylic acids is 1. The second-order valence-electron chi connectivity index (χ2n) is 3.88. The van der Waals surface area contributed by atoms with E-state index in [0.717, 1.165) is 16.9 Å². The van der Waals surface area contributed by atoms with Crippen LogP contribution in [0.2, 0.25) is 0 Å². The fourth-order valence-corrected chi connectivity index (χ4v) is 1.53. The zero-order valence-electron chi connectivity index (χ0n) is 9.65. The first-order chi connectivity index (χ1) is 7.99. The van der Waals surface area contributed by atoms with Crippen molar-refractivity contribution < 1.29 is 14.6 Å². The van der Waals surface area contributed by atoms with Crippen molar-refractivity contribution in [3.05, 3.63) is 42.0 Å². The molecule has 0 aliphatic rings. The lowest BCUT2D eigenvalue weighted by Gasteiger charge is -2.09. The van der Waals surface area contributed by atoms with Gasteiger partial charge in [-0.3, -0.25) is 4.79 Å². The molecule has 0 heterocycles. The Balaban J connectivity index is 2.60. The monoisotopic (exact) mass is 254 g/mol. The van der Waals surface area contributed by atoms with E-state index in [-0.39, 0.29) is 6.42 Å². The normalized spacial score (nSPS) is 11.9. The molecule has 0 aliphatic carbocycles. The van der Waals surface area contributed by atoms with Crippen molar-refractivity contribution in [1.29, 1.82) is 0 Å². The lowest BCUT2D eigenvalue weighted by Crippen LogP contribution is -2.01. The summed E-state index contributed by atoms with van der Waals surface area (Å²) in [5.74, 6) is -0.191. The third-order valence-electron chi connectivity index (χ3n) is 2.08. The van der Waals surface area contributed by atoms with Gasteiger partial charge in [0, 0.05) is 0 Å². The molecule has 0 amide bonds. The average Bonchev–Trinajstić information content (AvgIpc) is 2.26. The maximum absolute atomic E-state index is 10.5. The highest BCUT2D eigenvalue weighted by Gasteiger charge is 2.12. The van der Waals surface area contributed by atoms with Crippen LogP contribution >= 0.6 is 11.6 Å². The third-order valence-corrected chi connectivity index (χ3v) is 2.49. The number of halogens is 1. The Bertz CT molecular complexity index is 398. The van der Waals surface area contributed by atoms with Gasteiger partial charge in [0.25, 0.3) is 0 Å².